The van der Waals surface area contributed by atoms with E-state index in [1.807, 2.05) is 12.1 Å². The van der Waals surface area contributed by atoms with E-state index in [1.165, 1.54) is 6.08 Å². The van der Waals surface area contributed by atoms with Gasteiger partial charge in [-0.15, -0.1) is 0 Å². The molecular formula is C24H15Br2ClN2O4. The van der Waals surface area contributed by atoms with E-state index < -0.39 is 17.8 Å². The van der Waals surface area contributed by atoms with Crippen LogP contribution in [-0.4, -0.2) is 17.8 Å². The Morgan fingerprint density at radius 3 is 2.27 bits per heavy atom. The van der Waals surface area contributed by atoms with Gasteiger partial charge in [-0.2, -0.15) is 0 Å². The van der Waals surface area contributed by atoms with E-state index in [0.29, 0.717) is 22.0 Å². The highest BCUT2D eigenvalue weighted by atomic mass is 79.9. The molecule has 0 aromatic heterocycles. The summed E-state index contributed by atoms with van der Waals surface area (Å²) >= 11 is 12.7. The van der Waals surface area contributed by atoms with E-state index in [0.717, 1.165) is 19.4 Å². The van der Waals surface area contributed by atoms with Crippen molar-refractivity contribution in [1.29, 1.82) is 0 Å². The summed E-state index contributed by atoms with van der Waals surface area (Å²) in [5.74, 6) is -1.04. The van der Waals surface area contributed by atoms with E-state index in [9.17, 15) is 14.4 Å². The van der Waals surface area contributed by atoms with Crippen molar-refractivity contribution >= 4 is 73.1 Å². The zero-order valence-corrected chi connectivity index (χ0v) is 20.8. The van der Waals surface area contributed by atoms with Gasteiger partial charge < -0.3 is 4.74 Å². The highest BCUT2D eigenvalue weighted by Gasteiger charge is 2.37. The minimum absolute atomic E-state index is 0.188. The number of carbonyl (C=O) groups is 3. The number of anilines is 1. The van der Waals surface area contributed by atoms with Gasteiger partial charge in [-0.1, -0.05) is 55.6 Å². The normalized spacial score (nSPS) is 15.1. The fraction of sp³-hybridized carbons (Fsp3) is 0.0417. The number of barbiturate groups is 1. The summed E-state index contributed by atoms with van der Waals surface area (Å²) < 4.78 is 7.46. The molecule has 6 nitrogen and oxygen atoms in total. The number of nitrogens with one attached hydrogen (secondary N) is 1. The average molecular weight is 591 g/mol. The smallest absolute Gasteiger partial charge is 0.335 e. The number of halogens is 3. The molecule has 3 aromatic carbocycles. The molecule has 1 saturated heterocycles. The van der Waals surface area contributed by atoms with Crippen LogP contribution in [-0.2, 0) is 16.2 Å². The number of amides is 4. The number of ether oxygens (including phenoxy) is 1. The molecule has 0 saturated carbocycles. The van der Waals surface area contributed by atoms with Crippen molar-refractivity contribution in [2.75, 3.05) is 4.90 Å². The maximum atomic E-state index is 13.1. The van der Waals surface area contributed by atoms with Crippen molar-refractivity contribution < 1.29 is 19.1 Å². The van der Waals surface area contributed by atoms with Crippen molar-refractivity contribution in [2.45, 2.75) is 6.61 Å². The molecule has 9 heteroatoms. The minimum atomic E-state index is -0.807. The van der Waals surface area contributed by atoms with Gasteiger partial charge in [0.25, 0.3) is 11.8 Å². The van der Waals surface area contributed by atoms with Crippen LogP contribution in [0, 0.1) is 0 Å². The quantitative estimate of drug-likeness (QED) is 0.288. The van der Waals surface area contributed by atoms with Gasteiger partial charge in [-0.25, -0.2) is 9.69 Å². The summed E-state index contributed by atoms with van der Waals surface area (Å²) in [5, 5.41) is 2.85. The first kappa shape index (κ1) is 23.2. The molecule has 3 aromatic rings. The highest BCUT2D eigenvalue weighted by molar-refractivity contribution is 9.10. The van der Waals surface area contributed by atoms with Crippen molar-refractivity contribution in [2.24, 2.45) is 0 Å². The molecule has 4 rings (SSSR count). The number of imide groups is 2. The summed E-state index contributed by atoms with van der Waals surface area (Å²) in [6, 6.07) is 18.3. The number of carbonyl (C=O) groups excluding carboxylic acids is 3. The maximum Gasteiger partial charge on any atom is 0.335 e. The van der Waals surface area contributed by atoms with Crippen molar-refractivity contribution in [1.82, 2.24) is 5.32 Å². The zero-order valence-electron chi connectivity index (χ0n) is 16.8. The lowest BCUT2D eigenvalue weighted by Crippen LogP contribution is -2.54. The first-order valence-corrected chi connectivity index (χ1v) is 11.6. The second-order valence-electron chi connectivity index (χ2n) is 7.03. The number of nitrogens with zero attached hydrogens (tertiary/aromatic N) is 1. The lowest BCUT2D eigenvalue weighted by Gasteiger charge is -2.26. The summed E-state index contributed by atoms with van der Waals surface area (Å²) in [5.41, 5.74) is 1.56. The number of hydrogen-bond donors (Lipinski definition) is 1. The van der Waals surface area contributed by atoms with Gasteiger partial charge in [0.1, 0.15) is 17.9 Å². The molecule has 0 atom stereocenters. The Morgan fingerprint density at radius 2 is 1.58 bits per heavy atom. The van der Waals surface area contributed by atoms with E-state index in [2.05, 4.69) is 37.2 Å². The fourth-order valence-electron chi connectivity index (χ4n) is 3.14. The molecule has 0 unspecified atom stereocenters. The van der Waals surface area contributed by atoms with Crippen LogP contribution < -0.4 is 15.0 Å². The molecule has 1 aliphatic rings. The van der Waals surface area contributed by atoms with E-state index in [4.69, 9.17) is 16.3 Å². The molecule has 0 aliphatic carbocycles. The van der Waals surface area contributed by atoms with Gasteiger partial charge in [0, 0.05) is 19.5 Å². The largest absolute Gasteiger partial charge is 0.488 e. The van der Waals surface area contributed by atoms with Gasteiger partial charge in [0.05, 0.1) is 5.69 Å². The molecule has 166 valence electrons. The van der Waals surface area contributed by atoms with E-state index in [-0.39, 0.29) is 12.2 Å². The highest BCUT2D eigenvalue weighted by Crippen LogP contribution is 2.29. The van der Waals surface area contributed by atoms with Crippen LogP contribution in [0.25, 0.3) is 6.08 Å². The van der Waals surface area contributed by atoms with Gasteiger partial charge in [-0.05, 0) is 66.2 Å². The zero-order chi connectivity index (χ0) is 23.5. The topological polar surface area (TPSA) is 75.7 Å². The number of urea groups is 1. The monoisotopic (exact) mass is 588 g/mol. The lowest BCUT2D eigenvalue weighted by atomic mass is 10.1. The van der Waals surface area contributed by atoms with Crippen LogP contribution in [0.4, 0.5) is 10.5 Å². The molecule has 0 spiro atoms. The standard InChI is InChI=1S/C24H15Br2ClN2O4/c25-16-3-8-19(9-4-16)29-23(31)20(22(30)28-24(29)32)12-15-11-17(26)5-10-21(15)33-13-14-1-6-18(27)7-2-14/h1-12H,13H2,(H,28,30,32)/b20-12+. The molecule has 1 fully saturated rings. The SMILES string of the molecule is O=C1NC(=O)N(c2ccc(Br)cc2)C(=O)/C1=C/c1cc(Br)ccc1OCc1ccc(Cl)cc1. The molecule has 1 N–H and O–H groups in total. The summed E-state index contributed by atoms with van der Waals surface area (Å²) in [4.78, 5) is 39.0. The first-order valence-electron chi connectivity index (χ1n) is 9.65. The van der Waals surface area contributed by atoms with Crippen LogP contribution in [0.15, 0.2) is 81.2 Å². The second kappa shape index (κ2) is 9.91. The minimum Gasteiger partial charge on any atom is -0.488 e. The maximum absolute atomic E-state index is 13.1. The molecular weight excluding hydrogens is 576 g/mol. The number of rotatable bonds is 5. The molecule has 1 heterocycles. The predicted molar refractivity (Wildman–Crippen MR) is 133 cm³/mol. The average Bonchev–Trinajstić information content (AvgIpc) is 2.78. The van der Waals surface area contributed by atoms with Crippen molar-refractivity contribution in [3.8, 4) is 5.75 Å². The Labute approximate surface area is 211 Å². The third-order valence-corrected chi connectivity index (χ3v) is 6.04. The van der Waals surface area contributed by atoms with Crippen molar-refractivity contribution in [3.05, 3.63) is 97.4 Å². The van der Waals surface area contributed by atoms with Crippen LogP contribution in [0.3, 0.4) is 0 Å². The third kappa shape index (κ3) is 5.35. The number of hydrogen-bond acceptors (Lipinski definition) is 4. The predicted octanol–water partition coefficient (Wildman–Crippen LogP) is 6.11. The Hall–Kier alpha value is -2.94. The fourth-order valence-corrected chi connectivity index (χ4v) is 3.91. The Balaban J connectivity index is 1.66. The number of benzene rings is 3. The Kier molecular flexibility index (Phi) is 6.97. The van der Waals surface area contributed by atoms with Crippen LogP contribution >= 0.6 is 43.5 Å². The van der Waals surface area contributed by atoms with Crippen LogP contribution in [0.1, 0.15) is 11.1 Å². The van der Waals surface area contributed by atoms with Gasteiger partial charge in [0.2, 0.25) is 0 Å². The Bertz CT molecular complexity index is 1270. The van der Waals surface area contributed by atoms with Gasteiger partial charge in [0.15, 0.2) is 0 Å². The molecule has 4 amide bonds. The van der Waals surface area contributed by atoms with E-state index in [1.54, 1.807) is 54.6 Å². The van der Waals surface area contributed by atoms with Crippen LogP contribution in [0.2, 0.25) is 5.02 Å². The van der Waals surface area contributed by atoms with Crippen LogP contribution in [0.5, 0.6) is 5.75 Å². The summed E-state index contributed by atoms with van der Waals surface area (Å²) in [6.45, 7) is 0.263. The molecule has 1 aliphatic heterocycles. The molecule has 0 radical (unpaired) electrons. The summed E-state index contributed by atoms with van der Waals surface area (Å²) in [7, 11) is 0. The molecule has 0 bridgehead atoms. The molecule has 33 heavy (non-hydrogen) atoms. The van der Waals surface area contributed by atoms with Gasteiger partial charge >= 0.3 is 6.03 Å². The lowest BCUT2D eigenvalue weighted by molar-refractivity contribution is -0.122. The summed E-state index contributed by atoms with van der Waals surface area (Å²) in [6.07, 6.45) is 1.41. The van der Waals surface area contributed by atoms with E-state index >= 15 is 0 Å². The first-order chi connectivity index (χ1) is 15.8. The third-order valence-electron chi connectivity index (χ3n) is 4.77. The van der Waals surface area contributed by atoms with Crippen molar-refractivity contribution in [3.63, 3.8) is 0 Å². The second-order valence-corrected chi connectivity index (χ2v) is 9.30. The van der Waals surface area contributed by atoms with Gasteiger partial charge in [-0.3, -0.25) is 14.9 Å². The Morgan fingerprint density at radius 1 is 0.909 bits per heavy atom.